The summed E-state index contributed by atoms with van der Waals surface area (Å²) in [5, 5.41) is -0.0292. The molecule has 1 rings (SSSR count). The molecule has 0 aromatic carbocycles. The summed E-state index contributed by atoms with van der Waals surface area (Å²) >= 11 is 4.90. The molecule has 0 bridgehead atoms. The van der Waals surface area contributed by atoms with Crippen molar-refractivity contribution >= 4 is 27.2 Å². The van der Waals surface area contributed by atoms with Crippen LogP contribution in [0.5, 0.6) is 0 Å². The number of nitrogens with zero attached hydrogens (tertiary/aromatic N) is 2. The number of nitrogens with one attached hydrogen (secondary N) is 1. The van der Waals surface area contributed by atoms with E-state index in [0.717, 1.165) is 0 Å². The molecule has 0 radical (unpaired) electrons. The Morgan fingerprint density at radius 3 is 2.56 bits per heavy atom. The molecule has 6 nitrogen and oxygen atoms in total. The van der Waals surface area contributed by atoms with Crippen molar-refractivity contribution in [3.8, 4) is 0 Å². The highest BCUT2D eigenvalue weighted by atomic mass is 32.2. The van der Waals surface area contributed by atoms with Crippen LogP contribution >= 0.6 is 12.2 Å². The van der Waals surface area contributed by atoms with Gasteiger partial charge >= 0.3 is 0 Å². The zero-order chi connectivity index (χ0) is 14.1. The zero-order valence-electron chi connectivity index (χ0n) is 10.9. The number of rotatable bonds is 5. The van der Waals surface area contributed by atoms with Crippen molar-refractivity contribution in [3.63, 3.8) is 0 Å². The second kappa shape index (κ2) is 4.94. The van der Waals surface area contributed by atoms with Crippen molar-refractivity contribution in [2.24, 2.45) is 12.8 Å². The minimum absolute atomic E-state index is 0.0292. The summed E-state index contributed by atoms with van der Waals surface area (Å²) in [5.74, 6) is 0.615. The van der Waals surface area contributed by atoms with E-state index in [0.29, 0.717) is 12.2 Å². The van der Waals surface area contributed by atoms with Crippen LogP contribution in [0, 0.1) is 6.92 Å². The lowest BCUT2D eigenvalue weighted by molar-refractivity contribution is 0.509. The van der Waals surface area contributed by atoms with Crippen molar-refractivity contribution in [2.75, 3.05) is 0 Å². The predicted octanol–water partition coefficient (Wildman–Crippen LogP) is 0.462. The van der Waals surface area contributed by atoms with E-state index in [1.54, 1.807) is 25.5 Å². The van der Waals surface area contributed by atoms with E-state index in [2.05, 4.69) is 9.71 Å². The first kappa shape index (κ1) is 15.1. The van der Waals surface area contributed by atoms with Gasteiger partial charge in [-0.1, -0.05) is 19.1 Å². The molecule has 0 aliphatic heterocycles. The van der Waals surface area contributed by atoms with Crippen LogP contribution in [0.2, 0.25) is 0 Å². The van der Waals surface area contributed by atoms with E-state index in [1.807, 2.05) is 6.92 Å². The summed E-state index contributed by atoms with van der Waals surface area (Å²) in [6.07, 6.45) is 1.92. The summed E-state index contributed by atoms with van der Waals surface area (Å²) in [7, 11) is -2.00. The number of nitrogens with two attached hydrogens (primary N) is 1. The Morgan fingerprint density at radius 2 is 2.22 bits per heavy atom. The Balaban J connectivity index is 3.13. The molecule has 0 fully saturated rings. The minimum atomic E-state index is -3.73. The van der Waals surface area contributed by atoms with E-state index in [9.17, 15) is 8.42 Å². The highest BCUT2D eigenvalue weighted by molar-refractivity contribution is 7.89. The SMILES string of the molecule is CCC(C)(NS(=O)(=O)c1cn(C)c(C)n1)C(N)=S. The Hall–Kier alpha value is -0.990. The highest BCUT2D eigenvalue weighted by Crippen LogP contribution is 2.16. The van der Waals surface area contributed by atoms with Crippen LogP contribution in [0.3, 0.4) is 0 Å². The van der Waals surface area contributed by atoms with Gasteiger partial charge in [-0.2, -0.15) is 4.72 Å². The molecular formula is C10H18N4O2S2. The maximum absolute atomic E-state index is 12.2. The van der Waals surface area contributed by atoms with Crippen molar-refractivity contribution in [2.45, 2.75) is 37.8 Å². The summed E-state index contributed by atoms with van der Waals surface area (Å²) in [6, 6.07) is 0. The van der Waals surface area contributed by atoms with Gasteiger partial charge in [-0.3, -0.25) is 0 Å². The lowest BCUT2D eigenvalue weighted by atomic mass is 10.0. The van der Waals surface area contributed by atoms with Gasteiger partial charge in [0.05, 0.1) is 10.5 Å². The topological polar surface area (TPSA) is 90.0 Å². The highest BCUT2D eigenvalue weighted by Gasteiger charge is 2.33. The number of sulfonamides is 1. The number of hydrogen-bond donors (Lipinski definition) is 2. The van der Waals surface area contributed by atoms with Gasteiger partial charge in [0.15, 0.2) is 5.03 Å². The fourth-order valence-electron chi connectivity index (χ4n) is 1.30. The van der Waals surface area contributed by atoms with Crippen molar-refractivity contribution < 1.29 is 8.42 Å². The van der Waals surface area contributed by atoms with Gasteiger partial charge in [0, 0.05) is 13.2 Å². The Bertz CT molecular complexity index is 545. The maximum Gasteiger partial charge on any atom is 0.260 e. The molecule has 1 aromatic rings. The van der Waals surface area contributed by atoms with Gasteiger partial charge in [0.1, 0.15) is 5.82 Å². The molecule has 1 atom stereocenters. The molecule has 0 amide bonds. The number of aromatic nitrogens is 2. The molecule has 0 aliphatic carbocycles. The van der Waals surface area contributed by atoms with Crippen LogP contribution in [0.25, 0.3) is 0 Å². The third-order valence-corrected chi connectivity index (χ3v) is 4.89. The van der Waals surface area contributed by atoms with Crippen molar-refractivity contribution in [1.82, 2.24) is 14.3 Å². The van der Waals surface area contributed by atoms with E-state index in [4.69, 9.17) is 18.0 Å². The molecule has 0 saturated carbocycles. The van der Waals surface area contributed by atoms with Crippen LogP contribution < -0.4 is 10.5 Å². The molecule has 1 unspecified atom stereocenters. The number of hydrogen-bond acceptors (Lipinski definition) is 4. The fourth-order valence-corrected chi connectivity index (χ4v) is 3.06. The van der Waals surface area contributed by atoms with Crippen LogP contribution in [0.1, 0.15) is 26.1 Å². The molecule has 0 spiro atoms. The molecule has 8 heteroatoms. The van der Waals surface area contributed by atoms with Gasteiger partial charge in [0.2, 0.25) is 0 Å². The lowest BCUT2D eigenvalue weighted by Crippen LogP contribution is -2.53. The first-order valence-corrected chi connectivity index (χ1v) is 7.35. The second-order valence-corrected chi connectivity index (χ2v) is 6.46. The zero-order valence-corrected chi connectivity index (χ0v) is 12.5. The molecule has 0 saturated heterocycles. The molecule has 18 heavy (non-hydrogen) atoms. The van der Waals surface area contributed by atoms with E-state index >= 15 is 0 Å². The second-order valence-electron chi connectivity index (χ2n) is 4.39. The third-order valence-electron chi connectivity index (χ3n) is 2.97. The van der Waals surface area contributed by atoms with Crippen molar-refractivity contribution in [3.05, 3.63) is 12.0 Å². The van der Waals surface area contributed by atoms with Crippen LogP contribution in [0.15, 0.2) is 11.2 Å². The Labute approximate surface area is 113 Å². The first-order valence-electron chi connectivity index (χ1n) is 5.46. The number of aryl methyl sites for hydroxylation is 2. The third kappa shape index (κ3) is 2.88. The largest absolute Gasteiger partial charge is 0.392 e. The van der Waals surface area contributed by atoms with Gasteiger partial charge < -0.3 is 10.3 Å². The Kier molecular flexibility index (Phi) is 4.14. The maximum atomic E-state index is 12.2. The molecule has 102 valence electrons. The smallest absolute Gasteiger partial charge is 0.260 e. The van der Waals surface area contributed by atoms with Crippen LogP contribution in [-0.4, -0.2) is 28.5 Å². The molecule has 3 N–H and O–H groups in total. The standard InChI is InChI=1S/C10H18N4O2S2/c1-5-10(3,9(11)17)13-18(15,16)8-6-14(4)7(2)12-8/h6,13H,5H2,1-4H3,(H2,11,17). The van der Waals surface area contributed by atoms with E-state index in [1.165, 1.54) is 6.20 Å². The van der Waals surface area contributed by atoms with Crippen molar-refractivity contribution in [1.29, 1.82) is 0 Å². The molecule has 1 aromatic heterocycles. The molecule has 0 aliphatic rings. The summed E-state index contributed by atoms with van der Waals surface area (Å²) in [5.41, 5.74) is 4.64. The summed E-state index contributed by atoms with van der Waals surface area (Å²) < 4.78 is 28.5. The monoisotopic (exact) mass is 290 g/mol. The van der Waals surface area contributed by atoms with E-state index < -0.39 is 15.6 Å². The molecular weight excluding hydrogens is 272 g/mol. The van der Waals surface area contributed by atoms with Gasteiger partial charge in [-0.25, -0.2) is 13.4 Å². The van der Waals surface area contributed by atoms with Gasteiger partial charge in [0.25, 0.3) is 10.0 Å². The quantitative estimate of drug-likeness (QED) is 0.769. The summed E-state index contributed by atoms with van der Waals surface area (Å²) in [6.45, 7) is 5.19. The van der Waals surface area contributed by atoms with Crippen LogP contribution in [0.4, 0.5) is 0 Å². The number of imidazole rings is 1. The predicted molar refractivity (Wildman–Crippen MR) is 73.7 cm³/mol. The summed E-state index contributed by atoms with van der Waals surface area (Å²) in [4.78, 5) is 4.10. The van der Waals surface area contributed by atoms with Crippen LogP contribution in [-0.2, 0) is 17.1 Å². The van der Waals surface area contributed by atoms with Gasteiger partial charge in [-0.15, -0.1) is 0 Å². The molecule has 1 heterocycles. The van der Waals surface area contributed by atoms with E-state index in [-0.39, 0.29) is 10.0 Å². The normalized spacial score (nSPS) is 15.3. The average Bonchev–Trinajstić information content (AvgIpc) is 2.59. The minimum Gasteiger partial charge on any atom is -0.392 e. The number of thiocarbonyl (C=S) groups is 1. The lowest BCUT2D eigenvalue weighted by Gasteiger charge is -2.27. The Morgan fingerprint density at radius 1 is 1.67 bits per heavy atom. The van der Waals surface area contributed by atoms with Gasteiger partial charge in [-0.05, 0) is 20.3 Å². The fraction of sp³-hybridized carbons (Fsp3) is 0.600. The first-order chi connectivity index (χ1) is 8.12. The average molecular weight is 290 g/mol.